The Kier molecular flexibility index (Phi) is 4.74. The summed E-state index contributed by atoms with van der Waals surface area (Å²) >= 11 is 15.2. The van der Waals surface area contributed by atoms with Crippen LogP contribution in [0.3, 0.4) is 0 Å². The predicted octanol–water partition coefficient (Wildman–Crippen LogP) is 5.60. The average Bonchev–Trinajstić information content (AvgIpc) is 2.36. The highest BCUT2D eigenvalue weighted by molar-refractivity contribution is 9.10. The van der Waals surface area contributed by atoms with E-state index in [1.54, 1.807) is 31.2 Å². The maximum Gasteiger partial charge on any atom is 0.141 e. The molecule has 0 aliphatic heterocycles. The fraction of sp³-hybridized carbons (Fsp3) is 0.143. The van der Waals surface area contributed by atoms with Crippen LogP contribution in [-0.2, 0) is 0 Å². The van der Waals surface area contributed by atoms with Crippen molar-refractivity contribution in [2.24, 2.45) is 0 Å². The van der Waals surface area contributed by atoms with Crippen molar-refractivity contribution in [3.63, 3.8) is 0 Å². The van der Waals surface area contributed by atoms with Crippen LogP contribution in [0.2, 0.25) is 10.0 Å². The van der Waals surface area contributed by atoms with E-state index in [0.717, 1.165) is 10.0 Å². The van der Waals surface area contributed by atoms with E-state index < -0.39 is 6.10 Å². The minimum absolute atomic E-state index is 0.441. The number of halogens is 3. The van der Waals surface area contributed by atoms with Crippen LogP contribution in [0.15, 0.2) is 40.9 Å². The van der Waals surface area contributed by atoms with Crippen molar-refractivity contribution >= 4 is 39.1 Å². The maximum absolute atomic E-state index is 9.50. The normalized spacial score (nSPS) is 12.3. The molecule has 0 aromatic heterocycles. The van der Waals surface area contributed by atoms with Gasteiger partial charge >= 0.3 is 0 Å². The van der Waals surface area contributed by atoms with E-state index in [4.69, 9.17) is 27.9 Å². The smallest absolute Gasteiger partial charge is 0.141 e. The van der Waals surface area contributed by atoms with Gasteiger partial charge in [-0.15, -0.1) is 0 Å². The molecule has 2 aromatic rings. The number of hydrogen-bond acceptors (Lipinski definition) is 2. The van der Waals surface area contributed by atoms with Gasteiger partial charge in [-0.2, -0.15) is 0 Å². The standard InChI is InChI=1S/C14H11BrCl2O2/c1-8(18)9-2-5-14(11(15)6-9)19-10-3-4-12(16)13(17)7-10/h2-8,18H,1H3/t8-/m1/s1. The topological polar surface area (TPSA) is 29.5 Å². The van der Waals surface area contributed by atoms with Crippen molar-refractivity contribution in [2.45, 2.75) is 13.0 Å². The second kappa shape index (κ2) is 6.14. The third-order valence-corrected chi connectivity index (χ3v) is 3.92. The quantitative estimate of drug-likeness (QED) is 0.770. The van der Waals surface area contributed by atoms with Gasteiger partial charge in [0.05, 0.1) is 20.6 Å². The first-order valence-corrected chi connectivity index (χ1v) is 7.12. The van der Waals surface area contributed by atoms with E-state index in [-0.39, 0.29) is 0 Å². The molecule has 0 aliphatic carbocycles. The van der Waals surface area contributed by atoms with E-state index in [2.05, 4.69) is 15.9 Å². The predicted molar refractivity (Wildman–Crippen MR) is 81.3 cm³/mol. The van der Waals surface area contributed by atoms with Crippen LogP contribution < -0.4 is 4.74 Å². The summed E-state index contributed by atoms with van der Waals surface area (Å²) in [6.45, 7) is 1.71. The number of ether oxygens (including phenoxy) is 1. The molecule has 0 saturated heterocycles. The molecule has 1 N–H and O–H groups in total. The zero-order chi connectivity index (χ0) is 14.0. The first-order chi connectivity index (χ1) is 8.97. The van der Waals surface area contributed by atoms with Crippen LogP contribution >= 0.6 is 39.1 Å². The molecule has 0 amide bonds. The van der Waals surface area contributed by atoms with Crippen molar-refractivity contribution in [3.05, 3.63) is 56.5 Å². The van der Waals surface area contributed by atoms with Crippen LogP contribution in [0.25, 0.3) is 0 Å². The Morgan fingerprint density at radius 1 is 1.11 bits per heavy atom. The molecular weight excluding hydrogens is 351 g/mol. The molecule has 0 heterocycles. The van der Waals surface area contributed by atoms with Crippen LogP contribution in [0.1, 0.15) is 18.6 Å². The Labute approximate surface area is 130 Å². The number of aliphatic hydroxyl groups is 1. The summed E-state index contributed by atoms with van der Waals surface area (Å²) in [5.74, 6) is 1.24. The van der Waals surface area contributed by atoms with Gasteiger partial charge in [-0.25, -0.2) is 0 Å². The fourth-order valence-corrected chi connectivity index (χ4v) is 2.29. The van der Waals surface area contributed by atoms with Gasteiger partial charge in [-0.1, -0.05) is 29.3 Å². The Hall–Kier alpha value is -0.740. The molecule has 0 fully saturated rings. The molecule has 0 bridgehead atoms. The summed E-state index contributed by atoms with van der Waals surface area (Å²) in [7, 11) is 0. The van der Waals surface area contributed by atoms with Crippen molar-refractivity contribution in [1.29, 1.82) is 0 Å². The lowest BCUT2D eigenvalue weighted by Crippen LogP contribution is -1.92. The van der Waals surface area contributed by atoms with Gasteiger partial charge < -0.3 is 9.84 Å². The number of benzene rings is 2. The van der Waals surface area contributed by atoms with Gasteiger partial charge in [0.2, 0.25) is 0 Å². The molecule has 2 nitrogen and oxygen atoms in total. The summed E-state index contributed by atoms with van der Waals surface area (Å²) < 4.78 is 6.47. The van der Waals surface area contributed by atoms with Crippen LogP contribution in [-0.4, -0.2) is 5.11 Å². The zero-order valence-corrected chi connectivity index (χ0v) is 13.1. The highest BCUT2D eigenvalue weighted by Crippen LogP contribution is 2.34. The van der Waals surface area contributed by atoms with E-state index in [1.807, 2.05) is 12.1 Å². The lowest BCUT2D eigenvalue weighted by atomic mass is 10.1. The summed E-state index contributed by atoms with van der Waals surface area (Å²) in [6.07, 6.45) is -0.518. The first kappa shape index (κ1) is 14.7. The van der Waals surface area contributed by atoms with E-state index in [1.165, 1.54) is 0 Å². The summed E-state index contributed by atoms with van der Waals surface area (Å²) in [4.78, 5) is 0. The van der Waals surface area contributed by atoms with E-state index >= 15 is 0 Å². The molecule has 0 spiro atoms. The second-order valence-corrected chi connectivity index (χ2v) is 5.71. The minimum Gasteiger partial charge on any atom is -0.456 e. The van der Waals surface area contributed by atoms with Gasteiger partial charge in [0.1, 0.15) is 11.5 Å². The molecular formula is C14H11BrCl2O2. The molecule has 0 unspecified atom stereocenters. The molecule has 0 saturated carbocycles. The molecule has 100 valence electrons. The molecule has 2 aromatic carbocycles. The number of hydrogen-bond donors (Lipinski definition) is 1. The summed E-state index contributed by atoms with van der Waals surface area (Å²) in [5.41, 5.74) is 0.813. The Morgan fingerprint density at radius 3 is 2.42 bits per heavy atom. The minimum atomic E-state index is -0.518. The second-order valence-electron chi connectivity index (χ2n) is 4.04. The third kappa shape index (κ3) is 3.63. The van der Waals surface area contributed by atoms with Crippen LogP contribution in [0.5, 0.6) is 11.5 Å². The van der Waals surface area contributed by atoms with Crippen LogP contribution in [0.4, 0.5) is 0 Å². The van der Waals surface area contributed by atoms with E-state index in [9.17, 15) is 5.11 Å². The number of rotatable bonds is 3. The molecule has 0 aliphatic rings. The molecule has 19 heavy (non-hydrogen) atoms. The van der Waals surface area contributed by atoms with Crippen molar-refractivity contribution in [1.82, 2.24) is 0 Å². The summed E-state index contributed by atoms with van der Waals surface area (Å²) in [5, 5.41) is 10.4. The van der Waals surface area contributed by atoms with Gasteiger partial charge in [0.15, 0.2) is 0 Å². The monoisotopic (exact) mass is 360 g/mol. The molecule has 2 rings (SSSR count). The fourth-order valence-electron chi connectivity index (χ4n) is 1.53. The molecule has 5 heteroatoms. The van der Waals surface area contributed by atoms with E-state index in [0.29, 0.717) is 21.5 Å². The Balaban J connectivity index is 2.25. The van der Waals surface area contributed by atoms with Gasteiger partial charge in [0, 0.05) is 6.07 Å². The summed E-state index contributed by atoms with van der Waals surface area (Å²) in [6, 6.07) is 10.5. The molecule has 0 radical (unpaired) electrons. The van der Waals surface area contributed by atoms with Crippen molar-refractivity contribution in [2.75, 3.05) is 0 Å². The largest absolute Gasteiger partial charge is 0.456 e. The zero-order valence-electron chi connectivity index (χ0n) is 10.0. The Morgan fingerprint density at radius 2 is 1.84 bits per heavy atom. The highest BCUT2D eigenvalue weighted by Gasteiger charge is 2.08. The van der Waals surface area contributed by atoms with Gasteiger partial charge in [0.25, 0.3) is 0 Å². The highest BCUT2D eigenvalue weighted by atomic mass is 79.9. The van der Waals surface area contributed by atoms with Gasteiger partial charge in [-0.3, -0.25) is 0 Å². The lowest BCUT2D eigenvalue weighted by Gasteiger charge is -2.11. The first-order valence-electron chi connectivity index (χ1n) is 5.58. The lowest BCUT2D eigenvalue weighted by molar-refractivity contribution is 0.199. The van der Waals surface area contributed by atoms with Gasteiger partial charge in [-0.05, 0) is 52.7 Å². The SMILES string of the molecule is C[C@@H](O)c1ccc(Oc2ccc(Cl)c(Cl)c2)c(Br)c1. The maximum atomic E-state index is 9.50. The molecule has 1 atom stereocenters. The van der Waals surface area contributed by atoms with Crippen LogP contribution in [0, 0.1) is 0 Å². The third-order valence-electron chi connectivity index (χ3n) is 2.56. The number of aliphatic hydroxyl groups excluding tert-OH is 1. The average molecular weight is 362 g/mol. The van der Waals surface area contributed by atoms with Crippen molar-refractivity contribution < 1.29 is 9.84 Å². The Bertz CT molecular complexity index is 600. The van der Waals surface area contributed by atoms with Crippen molar-refractivity contribution in [3.8, 4) is 11.5 Å².